The maximum absolute atomic E-state index is 10.4. The molecule has 0 fully saturated rings. The topological polar surface area (TPSA) is 79.2 Å². The number of aliphatic hydroxyl groups excluding tert-OH is 1. The average Bonchev–Trinajstić information content (AvgIpc) is 3.10. The summed E-state index contributed by atoms with van der Waals surface area (Å²) < 4.78 is 11.6. The van der Waals surface area contributed by atoms with E-state index in [1.807, 2.05) is 128 Å². The first kappa shape index (κ1) is 50.6. The molecule has 0 aliphatic rings. The summed E-state index contributed by atoms with van der Waals surface area (Å²) in [7, 11) is 0. The van der Waals surface area contributed by atoms with Crippen molar-refractivity contribution < 1.29 is 90.2 Å². The fourth-order valence-electron chi connectivity index (χ4n) is 4.46. The minimum absolute atomic E-state index is 0. The maximum atomic E-state index is 10.4. The SMILES string of the molecule is CC.CC.CC.CC.CC(C)(c1ccc(O)cc1)c1ccc(OCC(O)COc2ccc(C(C)(C)c3ccc(O)cc3)cc2)cc1.[Y].[Y]. The van der Waals surface area contributed by atoms with Crippen molar-refractivity contribution in [2.45, 2.75) is 100 Å². The van der Waals surface area contributed by atoms with E-state index in [1.54, 1.807) is 24.3 Å². The van der Waals surface area contributed by atoms with E-state index in [2.05, 4.69) is 27.7 Å². The number of ether oxygens (including phenoxy) is 2. The molecule has 0 bridgehead atoms. The number of benzene rings is 4. The van der Waals surface area contributed by atoms with Crippen molar-refractivity contribution in [2.75, 3.05) is 13.2 Å². The van der Waals surface area contributed by atoms with Gasteiger partial charge in [0.25, 0.3) is 0 Å². The first-order valence-corrected chi connectivity index (χ1v) is 16.8. The fourth-order valence-corrected chi connectivity index (χ4v) is 4.46. The molecular formula is C41H60O5Y2. The van der Waals surface area contributed by atoms with Gasteiger partial charge in [-0.2, -0.15) is 0 Å². The fraction of sp³-hybridized carbons (Fsp3) is 0.415. The predicted molar refractivity (Wildman–Crippen MR) is 196 cm³/mol. The zero-order valence-electron chi connectivity index (χ0n) is 31.5. The van der Waals surface area contributed by atoms with E-state index < -0.39 is 6.10 Å². The Hall–Kier alpha value is -1.75. The van der Waals surface area contributed by atoms with Crippen LogP contribution in [-0.2, 0) is 76.2 Å². The molecule has 3 N–H and O–H groups in total. The number of hydrogen-bond acceptors (Lipinski definition) is 5. The number of hydrogen-bond donors (Lipinski definition) is 3. The van der Waals surface area contributed by atoms with Gasteiger partial charge in [-0.05, 0) is 70.8 Å². The molecule has 260 valence electrons. The summed E-state index contributed by atoms with van der Waals surface area (Å²) in [6, 6.07) is 30.2. The van der Waals surface area contributed by atoms with Crippen LogP contribution in [0.4, 0.5) is 0 Å². The van der Waals surface area contributed by atoms with E-state index in [0.29, 0.717) is 11.5 Å². The first-order valence-electron chi connectivity index (χ1n) is 16.8. The Balaban J connectivity index is -0.00000188. The summed E-state index contributed by atoms with van der Waals surface area (Å²) in [6.07, 6.45) is -0.781. The Morgan fingerprint density at radius 3 is 0.875 bits per heavy atom. The zero-order valence-corrected chi connectivity index (χ0v) is 37.2. The van der Waals surface area contributed by atoms with Crippen molar-refractivity contribution in [3.05, 3.63) is 119 Å². The molecule has 4 rings (SSSR count). The predicted octanol–water partition coefficient (Wildman–Crippen LogP) is 10.7. The Labute approximate surface area is 342 Å². The monoisotopic (exact) mass is 810 g/mol. The van der Waals surface area contributed by atoms with Gasteiger partial charge in [-0.3, -0.25) is 0 Å². The van der Waals surface area contributed by atoms with Crippen LogP contribution < -0.4 is 9.47 Å². The van der Waals surface area contributed by atoms with Gasteiger partial charge in [0.05, 0.1) is 0 Å². The summed E-state index contributed by atoms with van der Waals surface area (Å²) in [6.45, 7) is 24.8. The van der Waals surface area contributed by atoms with Crippen molar-refractivity contribution in [2.24, 2.45) is 0 Å². The Morgan fingerprint density at radius 2 is 0.646 bits per heavy atom. The summed E-state index contributed by atoms with van der Waals surface area (Å²) in [5.41, 5.74) is 4.00. The van der Waals surface area contributed by atoms with Crippen LogP contribution in [0.2, 0.25) is 0 Å². The summed E-state index contributed by atoms with van der Waals surface area (Å²) >= 11 is 0. The summed E-state index contributed by atoms with van der Waals surface area (Å²) in [4.78, 5) is 0. The van der Waals surface area contributed by atoms with Gasteiger partial charge in [-0.15, -0.1) is 0 Å². The van der Waals surface area contributed by atoms with E-state index in [0.717, 1.165) is 22.3 Å². The molecule has 0 saturated carbocycles. The first-order chi connectivity index (χ1) is 22.1. The third-order valence-electron chi connectivity index (χ3n) is 7.21. The molecule has 0 spiro atoms. The van der Waals surface area contributed by atoms with Crippen LogP contribution in [0, 0.1) is 0 Å². The van der Waals surface area contributed by atoms with Crippen LogP contribution in [-0.4, -0.2) is 34.6 Å². The molecule has 5 nitrogen and oxygen atoms in total. The van der Waals surface area contributed by atoms with Gasteiger partial charge in [-0.25, -0.2) is 0 Å². The van der Waals surface area contributed by atoms with Crippen molar-refractivity contribution in [1.29, 1.82) is 0 Å². The number of aromatic hydroxyl groups is 2. The Bertz CT molecular complexity index is 1210. The van der Waals surface area contributed by atoms with Crippen molar-refractivity contribution in [3.8, 4) is 23.0 Å². The number of phenolic OH excluding ortho intramolecular Hbond substituents is 2. The second kappa shape index (κ2) is 27.0. The molecule has 2 radical (unpaired) electrons. The van der Waals surface area contributed by atoms with Crippen molar-refractivity contribution in [1.82, 2.24) is 0 Å². The van der Waals surface area contributed by atoms with E-state index in [1.165, 1.54) is 0 Å². The summed E-state index contributed by atoms with van der Waals surface area (Å²) in [5, 5.41) is 29.5. The maximum Gasteiger partial charge on any atom is 0.122 e. The van der Waals surface area contributed by atoms with E-state index in [4.69, 9.17) is 9.47 Å². The number of aliphatic hydroxyl groups is 1. The summed E-state index contributed by atoms with van der Waals surface area (Å²) in [5.74, 6) is 1.86. The molecule has 0 saturated heterocycles. The average molecular weight is 811 g/mol. The zero-order chi connectivity index (χ0) is 35.3. The molecule has 0 amide bonds. The largest absolute Gasteiger partial charge is 0.508 e. The molecule has 0 aliphatic heterocycles. The Kier molecular flexibility index (Phi) is 28.5. The van der Waals surface area contributed by atoms with Crippen LogP contribution >= 0.6 is 0 Å². The number of phenols is 2. The normalized spacial score (nSPS) is 9.96. The number of rotatable bonds is 10. The molecule has 0 atom stereocenters. The second-order valence-corrected chi connectivity index (χ2v) is 10.7. The van der Waals surface area contributed by atoms with Gasteiger partial charge in [0.2, 0.25) is 0 Å². The van der Waals surface area contributed by atoms with Crippen molar-refractivity contribution >= 4 is 0 Å². The molecule has 4 aromatic rings. The van der Waals surface area contributed by atoms with Crippen LogP contribution in [0.3, 0.4) is 0 Å². The van der Waals surface area contributed by atoms with Gasteiger partial charge in [-0.1, -0.05) is 132 Å². The third kappa shape index (κ3) is 15.9. The Morgan fingerprint density at radius 1 is 0.438 bits per heavy atom. The van der Waals surface area contributed by atoms with Gasteiger partial charge < -0.3 is 24.8 Å². The van der Waals surface area contributed by atoms with Crippen LogP contribution in [0.15, 0.2) is 97.1 Å². The standard InChI is InChI=1S/C33H36O5.4C2H6.2Y/c1-32(2,23-5-13-27(34)14-6-23)25-9-17-30(18-10-25)37-21-29(36)22-38-31-19-11-26(12-20-31)33(3,4)24-7-15-28(35)16-8-24;4*1-2;;/h5-20,29,34-36H,21-22H2,1-4H3;4*1-2H3;;. The molecule has 0 aliphatic carbocycles. The quantitative estimate of drug-likeness (QED) is 0.149. The minimum Gasteiger partial charge on any atom is -0.508 e. The molecular weight excluding hydrogens is 750 g/mol. The molecule has 0 aromatic heterocycles. The molecule has 0 heterocycles. The van der Waals surface area contributed by atoms with Crippen LogP contribution in [0.25, 0.3) is 0 Å². The molecule has 0 unspecified atom stereocenters. The van der Waals surface area contributed by atoms with Gasteiger partial charge in [0, 0.05) is 76.2 Å². The third-order valence-corrected chi connectivity index (χ3v) is 7.21. The minimum atomic E-state index is -0.781. The second-order valence-electron chi connectivity index (χ2n) is 10.7. The van der Waals surface area contributed by atoms with Gasteiger partial charge in [0.1, 0.15) is 42.3 Å². The van der Waals surface area contributed by atoms with E-state index >= 15 is 0 Å². The smallest absolute Gasteiger partial charge is 0.122 e. The van der Waals surface area contributed by atoms with E-state index in [9.17, 15) is 15.3 Å². The van der Waals surface area contributed by atoms with Gasteiger partial charge in [0.15, 0.2) is 0 Å². The molecule has 7 heteroatoms. The van der Waals surface area contributed by atoms with Gasteiger partial charge >= 0.3 is 0 Å². The van der Waals surface area contributed by atoms with Crippen LogP contribution in [0.5, 0.6) is 23.0 Å². The van der Waals surface area contributed by atoms with Crippen LogP contribution in [0.1, 0.15) is 105 Å². The molecule has 4 aromatic carbocycles. The molecule has 48 heavy (non-hydrogen) atoms. The van der Waals surface area contributed by atoms with Crippen molar-refractivity contribution in [3.63, 3.8) is 0 Å². The van der Waals surface area contributed by atoms with E-state index in [-0.39, 0.29) is 101 Å².